The average molecular weight is 187 g/mol. The van der Waals surface area contributed by atoms with Gasteiger partial charge in [0.15, 0.2) is 0 Å². The number of ether oxygens (including phenoxy) is 2. The molecular formula is C10H21NO2. The Bertz CT molecular complexity index is 111. The summed E-state index contributed by atoms with van der Waals surface area (Å²) in [5.74, 6) is 0. The van der Waals surface area contributed by atoms with Gasteiger partial charge in [-0.3, -0.25) is 0 Å². The molecule has 0 saturated carbocycles. The van der Waals surface area contributed by atoms with E-state index >= 15 is 0 Å². The monoisotopic (exact) mass is 187 g/mol. The molecule has 0 bridgehead atoms. The summed E-state index contributed by atoms with van der Waals surface area (Å²) in [6, 6.07) is 0. The van der Waals surface area contributed by atoms with Crippen molar-refractivity contribution in [3.8, 4) is 0 Å². The van der Waals surface area contributed by atoms with Crippen LogP contribution in [0.15, 0.2) is 0 Å². The molecule has 0 radical (unpaired) electrons. The highest BCUT2D eigenvalue weighted by molar-refractivity contribution is 4.66. The van der Waals surface area contributed by atoms with Crippen LogP contribution in [0.2, 0.25) is 0 Å². The molecule has 3 nitrogen and oxygen atoms in total. The Morgan fingerprint density at radius 3 is 3.00 bits per heavy atom. The van der Waals surface area contributed by atoms with E-state index in [9.17, 15) is 0 Å². The molecule has 78 valence electrons. The van der Waals surface area contributed by atoms with Crippen molar-refractivity contribution in [3.63, 3.8) is 0 Å². The standard InChI is InChI=1S/C10H21NO2/c1-2-12-8-9-13-10-4-3-6-11-7-5-10/h10-11H,2-9H2,1H3. The second-order valence-corrected chi connectivity index (χ2v) is 3.37. The lowest BCUT2D eigenvalue weighted by Gasteiger charge is -2.14. The summed E-state index contributed by atoms with van der Waals surface area (Å²) < 4.78 is 10.9. The summed E-state index contributed by atoms with van der Waals surface area (Å²) in [6.45, 7) is 6.52. The zero-order valence-electron chi connectivity index (χ0n) is 8.55. The summed E-state index contributed by atoms with van der Waals surface area (Å²) >= 11 is 0. The number of nitrogens with one attached hydrogen (secondary N) is 1. The lowest BCUT2D eigenvalue weighted by atomic mass is 10.2. The molecule has 13 heavy (non-hydrogen) atoms. The van der Waals surface area contributed by atoms with Crippen LogP contribution in [0.3, 0.4) is 0 Å². The lowest BCUT2D eigenvalue weighted by molar-refractivity contribution is 0.00282. The molecule has 3 heteroatoms. The summed E-state index contributed by atoms with van der Waals surface area (Å²) in [6.07, 6.45) is 4.03. The maximum absolute atomic E-state index is 5.70. The molecule has 1 aliphatic rings. The van der Waals surface area contributed by atoms with E-state index in [-0.39, 0.29) is 0 Å². The molecule has 1 saturated heterocycles. The Labute approximate surface area is 80.8 Å². The Hall–Kier alpha value is -0.120. The molecule has 0 aliphatic carbocycles. The van der Waals surface area contributed by atoms with Crippen LogP contribution >= 0.6 is 0 Å². The van der Waals surface area contributed by atoms with Crippen molar-refractivity contribution in [2.24, 2.45) is 0 Å². The first-order valence-electron chi connectivity index (χ1n) is 5.33. The molecule has 1 unspecified atom stereocenters. The van der Waals surface area contributed by atoms with E-state index in [0.29, 0.717) is 6.10 Å². The first-order chi connectivity index (χ1) is 6.43. The Morgan fingerprint density at radius 2 is 2.15 bits per heavy atom. The van der Waals surface area contributed by atoms with E-state index in [1.165, 1.54) is 12.8 Å². The topological polar surface area (TPSA) is 30.5 Å². The maximum atomic E-state index is 5.70. The minimum atomic E-state index is 0.454. The van der Waals surface area contributed by atoms with Gasteiger partial charge in [0.05, 0.1) is 19.3 Å². The van der Waals surface area contributed by atoms with Gasteiger partial charge in [0.25, 0.3) is 0 Å². The van der Waals surface area contributed by atoms with Gasteiger partial charge in [-0.15, -0.1) is 0 Å². The molecule has 1 heterocycles. The van der Waals surface area contributed by atoms with E-state index < -0.39 is 0 Å². The first kappa shape index (κ1) is 11.0. The van der Waals surface area contributed by atoms with Crippen LogP contribution in [0, 0.1) is 0 Å². The van der Waals surface area contributed by atoms with Gasteiger partial charge < -0.3 is 14.8 Å². The molecule has 1 fully saturated rings. The highest BCUT2D eigenvalue weighted by atomic mass is 16.5. The number of hydrogen-bond donors (Lipinski definition) is 1. The van der Waals surface area contributed by atoms with Crippen LogP contribution in [-0.4, -0.2) is 39.0 Å². The highest BCUT2D eigenvalue weighted by Crippen LogP contribution is 2.08. The van der Waals surface area contributed by atoms with Crippen LogP contribution in [0.4, 0.5) is 0 Å². The number of rotatable bonds is 5. The largest absolute Gasteiger partial charge is 0.379 e. The van der Waals surface area contributed by atoms with Gasteiger partial charge >= 0.3 is 0 Å². The Kier molecular flexibility index (Phi) is 6.15. The Morgan fingerprint density at radius 1 is 1.23 bits per heavy atom. The minimum Gasteiger partial charge on any atom is -0.379 e. The van der Waals surface area contributed by atoms with Crippen molar-refractivity contribution in [2.45, 2.75) is 32.3 Å². The van der Waals surface area contributed by atoms with Crippen molar-refractivity contribution in [3.05, 3.63) is 0 Å². The minimum absolute atomic E-state index is 0.454. The average Bonchev–Trinajstić information content (AvgIpc) is 2.41. The van der Waals surface area contributed by atoms with Gasteiger partial charge in [-0.25, -0.2) is 0 Å². The zero-order valence-corrected chi connectivity index (χ0v) is 8.55. The molecule has 0 amide bonds. The fraction of sp³-hybridized carbons (Fsp3) is 1.00. The fourth-order valence-electron chi connectivity index (χ4n) is 1.57. The normalized spacial score (nSPS) is 24.2. The van der Waals surface area contributed by atoms with E-state index in [4.69, 9.17) is 9.47 Å². The first-order valence-corrected chi connectivity index (χ1v) is 5.33. The second-order valence-electron chi connectivity index (χ2n) is 3.37. The van der Waals surface area contributed by atoms with Crippen molar-refractivity contribution in [1.29, 1.82) is 0 Å². The highest BCUT2D eigenvalue weighted by Gasteiger charge is 2.11. The summed E-state index contributed by atoms with van der Waals surface area (Å²) in [5.41, 5.74) is 0. The van der Waals surface area contributed by atoms with Crippen LogP contribution in [0.1, 0.15) is 26.2 Å². The molecule has 0 spiro atoms. The molecule has 1 atom stereocenters. The van der Waals surface area contributed by atoms with E-state index in [1.807, 2.05) is 6.92 Å². The van der Waals surface area contributed by atoms with Crippen molar-refractivity contribution < 1.29 is 9.47 Å². The third kappa shape index (κ3) is 5.24. The van der Waals surface area contributed by atoms with Gasteiger partial charge in [-0.1, -0.05) is 0 Å². The maximum Gasteiger partial charge on any atom is 0.0704 e. The van der Waals surface area contributed by atoms with Gasteiger partial charge in [-0.05, 0) is 39.3 Å². The molecule has 0 aromatic heterocycles. The SMILES string of the molecule is CCOCCOC1CCCNCC1. The van der Waals surface area contributed by atoms with Crippen molar-refractivity contribution >= 4 is 0 Å². The summed E-state index contributed by atoms with van der Waals surface area (Å²) in [7, 11) is 0. The lowest BCUT2D eigenvalue weighted by Crippen LogP contribution is -2.19. The second kappa shape index (κ2) is 7.30. The predicted molar refractivity (Wildman–Crippen MR) is 53.0 cm³/mol. The quantitative estimate of drug-likeness (QED) is 0.656. The van der Waals surface area contributed by atoms with Gasteiger partial charge in [0.2, 0.25) is 0 Å². The van der Waals surface area contributed by atoms with Crippen molar-refractivity contribution in [2.75, 3.05) is 32.9 Å². The predicted octanol–water partition coefficient (Wildman–Crippen LogP) is 1.18. The summed E-state index contributed by atoms with van der Waals surface area (Å²) in [5, 5.41) is 3.37. The van der Waals surface area contributed by atoms with Crippen LogP contribution in [0.5, 0.6) is 0 Å². The van der Waals surface area contributed by atoms with Crippen LogP contribution < -0.4 is 5.32 Å². The fourth-order valence-corrected chi connectivity index (χ4v) is 1.57. The van der Waals surface area contributed by atoms with Gasteiger partial charge in [0, 0.05) is 6.61 Å². The number of hydrogen-bond acceptors (Lipinski definition) is 3. The molecule has 0 aromatic carbocycles. The van der Waals surface area contributed by atoms with E-state index in [1.54, 1.807) is 0 Å². The molecule has 1 N–H and O–H groups in total. The van der Waals surface area contributed by atoms with Crippen LogP contribution in [-0.2, 0) is 9.47 Å². The van der Waals surface area contributed by atoms with Crippen LogP contribution in [0.25, 0.3) is 0 Å². The molecular weight excluding hydrogens is 166 g/mol. The molecule has 1 aliphatic heterocycles. The third-order valence-electron chi connectivity index (χ3n) is 2.31. The van der Waals surface area contributed by atoms with E-state index in [2.05, 4.69) is 5.32 Å². The zero-order chi connectivity index (χ0) is 9.36. The molecule has 1 rings (SSSR count). The molecule has 0 aromatic rings. The third-order valence-corrected chi connectivity index (χ3v) is 2.31. The van der Waals surface area contributed by atoms with Gasteiger partial charge in [0.1, 0.15) is 0 Å². The van der Waals surface area contributed by atoms with E-state index in [0.717, 1.165) is 39.3 Å². The Balaban J connectivity index is 1.98. The summed E-state index contributed by atoms with van der Waals surface area (Å²) in [4.78, 5) is 0. The smallest absolute Gasteiger partial charge is 0.0704 e. The van der Waals surface area contributed by atoms with Crippen molar-refractivity contribution in [1.82, 2.24) is 5.32 Å². The van der Waals surface area contributed by atoms with Gasteiger partial charge in [-0.2, -0.15) is 0 Å².